The van der Waals surface area contributed by atoms with E-state index in [1.54, 1.807) is 6.21 Å². The molecule has 0 spiro atoms. The topological polar surface area (TPSA) is 35.3 Å². The van der Waals surface area contributed by atoms with Crippen molar-refractivity contribution < 1.29 is 9.74 Å². The lowest BCUT2D eigenvalue weighted by Crippen LogP contribution is -2.38. The molecule has 0 fully saturated rings. The minimum absolute atomic E-state index is 0.0727. The Bertz CT molecular complexity index is 453. The van der Waals surface area contributed by atoms with Crippen LogP contribution in [0.3, 0.4) is 0 Å². The highest BCUT2D eigenvalue weighted by molar-refractivity contribution is 5.64. The van der Waals surface area contributed by atoms with Crippen molar-refractivity contribution in [2.45, 2.75) is 24.9 Å². The first-order valence-electron chi connectivity index (χ1n) is 6.04. The third kappa shape index (κ3) is 1.93. The Morgan fingerprint density at radius 2 is 2.06 bits per heavy atom. The maximum absolute atomic E-state index is 11.5. The lowest BCUT2D eigenvalue weighted by Gasteiger charge is -2.36. The van der Waals surface area contributed by atoms with Gasteiger partial charge < -0.3 is 4.84 Å². The molecule has 3 rings (SSSR count). The van der Waals surface area contributed by atoms with Gasteiger partial charge in [-0.25, -0.2) is 0 Å². The Morgan fingerprint density at radius 3 is 2.88 bits per heavy atom. The molecular formula is C14H15NO2. The second kappa shape index (κ2) is 4.24. The maximum Gasteiger partial charge on any atom is 0.217 e. The molecule has 3 atom stereocenters. The lowest BCUT2D eigenvalue weighted by atomic mass is 9.77. The Labute approximate surface area is 101 Å². The average molecular weight is 229 g/mol. The van der Waals surface area contributed by atoms with Crippen molar-refractivity contribution in [2.24, 2.45) is 5.92 Å². The van der Waals surface area contributed by atoms with E-state index < -0.39 is 0 Å². The summed E-state index contributed by atoms with van der Waals surface area (Å²) in [6.07, 6.45) is 7.84. The third-order valence-electron chi connectivity index (χ3n) is 3.57. The molecule has 0 amide bonds. The molecule has 88 valence electrons. The molecule has 0 radical (unpaired) electrons. The van der Waals surface area contributed by atoms with E-state index in [4.69, 9.17) is 4.84 Å². The second-order valence-electron chi connectivity index (χ2n) is 4.61. The van der Waals surface area contributed by atoms with Gasteiger partial charge >= 0.3 is 0 Å². The number of hydrogen-bond acceptors (Lipinski definition) is 2. The van der Waals surface area contributed by atoms with Crippen molar-refractivity contribution in [2.75, 3.05) is 0 Å². The van der Waals surface area contributed by atoms with Gasteiger partial charge in [-0.05, 0) is 24.3 Å². The fraction of sp³-hybridized carbons (Fsp3) is 0.357. The predicted octanol–water partition coefficient (Wildman–Crippen LogP) is 2.63. The monoisotopic (exact) mass is 229 g/mol. The molecule has 1 aromatic carbocycles. The number of benzene rings is 1. The number of rotatable bonds is 1. The van der Waals surface area contributed by atoms with Crippen LogP contribution in [0.4, 0.5) is 0 Å². The van der Waals surface area contributed by atoms with Gasteiger partial charge in [0.25, 0.3) is 0 Å². The third-order valence-corrected chi connectivity index (χ3v) is 3.57. The maximum atomic E-state index is 11.5. The zero-order valence-electron chi connectivity index (χ0n) is 9.53. The Hall–Kier alpha value is -1.77. The van der Waals surface area contributed by atoms with Crippen molar-refractivity contribution in [3.05, 3.63) is 53.3 Å². The van der Waals surface area contributed by atoms with Crippen molar-refractivity contribution in [1.29, 1.82) is 0 Å². The summed E-state index contributed by atoms with van der Waals surface area (Å²) in [5.74, 6) is 0.546. The number of allylic oxidation sites excluding steroid dienone is 1. The van der Waals surface area contributed by atoms with E-state index >= 15 is 0 Å². The van der Waals surface area contributed by atoms with Gasteiger partial charge in [0, 0.05) is 4.90 Å². The molecule has 2 aliphatic rings. The van der Waals surface area contributed by atoms with Crippen LogP contribution in [-0.4, -0.2) is 17.2 Å². The van der Waals surface area contributed by atoms with Gasteiger partial charge in [-0.1, -0.05) is 42.5 Å². The number of nitrogens with zero attached hydrogens (tertiary/aromatic N) is 1. The second-order valence-corrected chi connectivity index (χ2v) is 4.61. The van der Waals surface area contributed by atoms with Crippen LogP contribution in [-0.2, 0) is 4.84 Å². The molecule has 1 heterocycles. The molecule has 1 aromatic rings. The van der Waals surface area contributed by atoms with E-state index in [2.05, 4.69) is 18.2 Å². The summed E-state index contributed by atoms with van der Waals surface area (Å²) in [4.78, 5) is 5.90. The normalized spacial score (nSPS) is 31.3. The first-order valence-corrected chi connectivity index (χ1v) is 6.04. The summed E-state index contributed by atoms with van der Waals surface area (Å²) in [6.45, 7) is 0. The van der Waals surface area contributed by atoms with Gasteiger partial charge in [-0.3, -0.25) is 5.21 Å². The zero-order chi connectivity index (χ0) is 11.7. The van der Waals surface area contributed by atoms with Crippen molar-refractivity contribution in [3.8, 4) is 0 Å². The van der Waals surface area contributed by atoms with Gasteiger partial charge in [-0.2, -0.15) is 0 Å². The fourth-order valence-corrected chi connectivity index (χ4v) is 2.73. The van der Waals surface area contributed by atoms with Gasteiger partial charge in [0.15, 0.2) is 0 Å². The molecule has 0 saturated carbocycles. The molecular weight excluding hydrogens is 214 g/mol. The Balaban J connectivity index is 1.97. The minimum Gasteiger partial charge on any atom is -0.396 e. The average Bonchev–Trinajstić information content (AvgIpc) is 2.39. The van der Waals surface area contributed by atoms with Crippen LogP contribution in [0.1, 0.15) is 24.3 Å². The zero-order valence-corrected chi connectivity index (χ0v) is 9.53. The Morgan fingerprint density at radius 1 is 1.24 bits per heavy atom. The summed E-state index contributed by atoms with van der Waals surface area (Å²) < 4.78 is 0. The minimum atomic E-state index is -0.0727. The van der Waals surface area contributed by atoms with E-state index in [0.29, 0.717) is 10.8 Å². The van der Waals surface area contributed by atoms with Crippen LogP contribution in [0.25, 0.3) is 0 Å². The van der Waals surface area contributed by atoms with E-state index in [9.17, 15) is 5.21 Å². The highest BCUT2D eigenvalue weighted by atomic mass is 16.9. The predicted molar refractivity (Wildman–Crippen MR) is 65.6 cm³/mol. The molecule has 1 aliphatic heterocycles. The molecule has 0 saturated heterocycles. The molecule has 0 N–H and O–H groups in total. The Kier molecular flexibility index (Phi) is 2.59. The van der Waals surface area contributed by atoms with Gasteiger partial charge in [0.05, 0.1) is 12.0 Å². The van der Waals surface area contributed by atoms with E-state index in [1.807, 2.05) is 24.3 Å². The van der Waals surface area contributed by atoms with Crippen molar-refractivity contribution >= 4 is 6.21 Å². The fourth-order valence-electron chi connectivity index (χ4n) is 2.73. The molecule has 3 heteroatoms. The summed E-state index contributed by atoms with van der Waals surface area (Å²) in [5.41, 5.74) is 1.20. The van der Waals surface area contributed by atoms with E-state index in [-0.39, 0.29) is 12.0 Å². The van der Waals surface area contributed by atoms with Crippen LogP contribution in [0, 0.1) is 11.1 Å². The summed E-state index contributed by atoms with van der Waals surface area (Å²) >= 11 is 0. The van der Waals surface area contributed by atoms with Crippen LogP contribution in [0.2, 0.25) is 0 Å². The largest absolute Gasteiger partial charge is 0.396 e. The van der Waals surface area contributed by atoms with E-state index in [0.717, 1.165) is 12.8 Å². The highest BCUT2D eigenvalue weighted by Crippen LogP contribution is 2.36. The summed E-state index contributed by atoms with van der Waals surface area (Å²) in [7, 11) is 0. The molecule has 0 aromatic heterocycles. The van der Waals surface area contributed by atoms with Gasteiger partial charge in [0.1, 0.15) is 0 Å². The number of hydrogen-bond donors (Lipinski definition) is 0. The molecule has 0 unspecified atom stereocenters. The SMILES string of the molecule is [O-][N+]1=C[C@@H](c2ccccc2)[C@H]2CCC=C[C@H]2O1. The molecule has 0 bridgehead atoms. The summed E-state index contributed by atoms with van der Waals surface area (Å²) in [6, 6.07) is 10.2. The first kappa shape index (κ1) is 10.4. The van der Waals surface area contributed by atoms with Gasteiger partial charge in [0.2, 0.25) is 6.21 Å². The number of fused-ring (bicyclic) bond motifs is 1. The van der Waals surface area contributed by atoms with Crippen LogP contribution in [0.5, 0.6) is 0 Å². The quantitative estimate of drug-likeness (QED) is 0.548. The van der Waals surface area contributed by atoms with Crippen molar-refractivity contribution in [1.82, 2.24) is 0 Å². The smallest absolute Gasteiger partial charge is 0.217 e. The van der Waals surface area contributed by atoms with Gasteiger partial charge in [-0.15, -0.1) is 0 Å². The summed E-state index contributed by atoms with van der Waals surface area (Å²) in [5, 5.41) is 11.5. The van der Waals surface area contributed by atoms with Crippen molar-refractivity contribution in [3.63, 3.8) is 0 Å². The van der Waals surface area contributed by atoms with Crippen LogP contribution in [0.15, 0.2) is 42.5 Å². The van der Waals surface area contributed by atoms with Crippen LogP contribution >= 0.6 is 0 Å². The van der Waals surface area contributed by atoms with Crippen LogP contribution < -0.4 is 0 Å². The molecule has 3 nitrogen and oxygen atoms in total. The lowest BCUT2D eigenvalue weighted by molar-refractivity contribution is -0.754. The highest BCUT2D eigenvalue weighted by Gasteiger charge is 2.36. The molecule has 17 heavy (non-hydrogen) atoms. The first-order chi connectivity index (χ1) is 8.34. The molecule has 1 aliphatic carbocycles. The van der Waals surface area contributed by atoms with E-state index in [1.165, 1.54) is 5.56 Å². The standard InChI is InChI=1S/C14H15NO2/c16-15-10-13(11-6-2-1-3-7-11)12-8-4-5-9-14(12)17-15/h1-3,5-7,9-10,12-14H,4,8H2/t12-,13+,14-/m1/s1.